The first kappa shape index (κ1) is 37.6. The first-order valence-corrected chi connectivity index (χ1v) is 19.5. The Bertz CT molecular complexity index is 1920. The summed E-state index contributed by atoms with van der Waals surface area (Å²) in [5, 5.41) is 10.8. The average Bonchev–Trinajstić information content (AvgIpc) is 3.72. The van der Waals surface area contributed by atoms with Gasteiger partial charge in [-0.2, -0.15) is 0 Å². The van der Waals surface area contributed by atoms with E-state index in [1.165, 1.54) is 7.69 Å². The van der Waals surface area contributed by atoms with Crippen molar-refractivity contribution in [2.24, 2.45) is 0 Å². The molecule has 2 heterocycles. The summed E-state index contributed by atoms with van der Waals surface area (Å²) in [5.41, 5.74) is 4.65. The maximum Gasteiger partial charge on any atom is 0.658 e. The molecule has 6 nitrogen and oxygen atoms in total. The number of halogens is 4. The van der Waals surface area contributed by atoms with E-state index in [4.69, 9.17) is 64.8 Å². The Balaban J connectivity index is 1.03. The molecule has 0 amide bonds. The summed E-state index contributed by atoms with van der Waals surface area (Å²) in [6.07, 6.45) is 0. The van der Waals surface area contributed by atoms with Crippen LogP contribution in [0.1, 0.15) is 62.2 Å². The molecular weight excluding hydrogens is 765 g/mol. The summed E-state index contributed by atoms with van der Waals surface area (Å²) in [6.45, 7) is 8.29. The number of nitrogens with zero attached hydrogens (tertiary/aromatic N) is 2. The van der Waals surface area contributed by atoms with Gasteiger partial charge in [-0.15, -0.1) is 23.5 Å². The second kappa shape index (κ2) is 17.1. The number of aromatic nitrogens is 2. The molecule has 1 radical (unpaired) electrons. The molecule has 0 aliphatic heterocycles. The molecule has 0 fully saturated rings. The molecule has 0 aliphatic rings. The van der Waals surface area contributed by atoms with Crippen LogP contribution < -0.4 is 9.31 Å². The third-order valence-electron chi connectivity index (χ3n) is 7.87. The Morgan fingerprint density at radius 2 is 0.922 bits per heavy atom. The zero-order valence-corrected chi connectivity index (χ0v) is 32.7. The van der Waals surface area contributed by atoms with Crippen LogP contribution in [0.25, 0.3) is 22.5 Å². The largest absolute Gasteiger partial charge is 0.658 e. The van der Waals surface area contributed by atoms with Crippen LogP contribution in [0.4, 0.5) is 0 Å². The molecule has 0 bridgehead atoms. The lowest BCUT2D eigenvalue weighted by Gasteiger charge is -2.10. The van der Waals surface area contributed by atoms with Crippen LogP contribution in [0.2, 0.25) is 20.1 Å². The van der Waals surface area contributed by atoms with Crippen LogP contribution in [0, 0.1) is 0 Å². The highest BCUT2D eigenvalue weighted by Crippen LogP contribution is 2.42. The van der Waals surface area contributed by atoms with Crippen molar-refractivity contribution in [2.75, 3.05) is 0 Å². The molecule has 0 aliphatic carbocycles. The summed E-state index contributed by atoms with van der Waals surface area (Å²) in [4.78, 5) is 2.11. The minimum Gasteiger partial charge on any atom is -0.526 e. The van der Waals surface area contributed by atoms with E-state index >= 15 is 0 Å². The van der Waals surface area contributed by atoms with Crippen molar-refractivity contribution in [1.29, 1.82) is 0 Å². The fraction of sp³-hybridized carbons (Fsp3) is 0.211. The predicted octanol–water partition coefficient (Wildman–Crippen LogP) is 13.4. The van der Waals surface area contributed by atoms with E-state index < -0.39 is 0 Å². The van der Waals surface area contributed by atoms with Crippen LogP contribution in [-0.4, -0.2) is 18.0 Å². The van der Waals surface area contributed by atoms with Gasteiger partial charge in [-0.1, -0.05) is 96.5 Å². The molecule has 0 unspecified atom stereocenters. The van der Waals surface area contributed by atoms with Gasteiger partial charge in [0.05, 0.1) is 20.1 Å². The van der Waals surface area contributed by atoms with Crippen molar-refractivity contribution in [1.82, 2.24) is 10.3 Å². The van der Waals surface area contributed by atoms with Gasteiger partial charge in [0.1, 0.15) is 34.4 Å². The molecule has 4 aromatic carbocycles. The van der Waals surface area contributed by atoms with E-state index in [-0.39, 0.29) is 11.8 Å². The monoisotopic (exact) mass is 795 g/mol. The molecule has 51 heavy (non-hydrogen) atoms. The molecule has 13 heteroatoms. The Morgan fingerprint density at radius 1 is 0.569 bits per heavy atom. The fourth-order valence-electron chi connectivity index (χ4n) is 5.35. The molecule has 261 valence electrons. The van der Waals surface area contributed by atoms with E-state index in [1.807, 2.05) is 60.7 Å². The van der Waals surface area contributed by atoms with Crippen LogP contribution in [0.3, 0.4) is 0 Å². The second-order valence-corrected chi connectivity index (χ2v) is 15.8. The molecule has 0 saturated carbocycles. The van der Waals surface area contributed by atoms with Gasteiger partial charge in [0, 0.05) is 55.4 Å². The van der Waals surface area contributed by atoms with Gasteiger partial charge >= 0.3 is 7.69 Å². The van der Waals surface area contributed by atoms with Crippen molar-refractivity contribution in [3.63, 3.8) is 0 Å². The Labute approximate surface area is 326 Å². The smallest absolute Gasteiger partial charge is 0.526 e. The highest BCUT2D eigenvalue weighted by Gasteiger charge is 2.25. The Kier molecular flexibility index (Phi) is 12.6. The van der Waals surface area contributed by atoms with E-state index in [9.17, 15) is 0 Å². The molecule has 0 saturated heterocycles. The van der Waals surface area contributed by atoms with Crippen LogP contribution in [-0.2, 0) is 11.5 Å². The highest BCUT2D eigenvalue weighted by atomic mass is 35.5. The van der Waals surface area contributed by atoms with Crippen LogP contribution in [0.15, 0.2) is 104 Å². The first-order valence-electron chi connectivity index (χ1n) is 16.1. The normalized spacial score (nSPS) is 11.4. The van der Waals surface area contributed by atoms with Gasteiger partial charge in [0.15, 0.2) is 0 Å². The standard InChI is InChI=1S/C38H32BCl4N2O4S2/c1-21(2)37-27(35(44-48-37)33-29(40)7-5-8-30(33)41)19-50-25-15-11-23(12-16-25)46-39-47-24-13-17-26(18-14-24)51-20-28-36(45-49-38(28)22(3)4)34-31(42)9-6-10-32(34)43/h5-18,21-22H,19-20H2,1-4H3. The number of rotatable bonds is 14. The van der Waals surface area contributed by atoms with Crippen LogP contribution in [0.5, 0.6) is 11.5 Å². The lowest BCUT2D eigenvalue weighted by Crippen LogP contribution is -2.10. The third kappa shape index (κ3) is 8.90. The van der Waals surface area contributed by atoms with Crippen molar-refractivity contribution in [3.8, 4) is 34.0 Å². The van der Waals surface area contributed by atoms with E-state index in [0.29, 0.717) is 65.6 Å². The maximum absolute atomic E-state index is 6.51. The Morgan fingerprint density at radius 3 is 1.25 bits per heavy atom. The molecule has 0 spiro atoms. The van der Waals surface area contributed by atoms with E-state index in [0.717, 1.165) is 32.4 Å². The lowest BCUT2D eigenvalue weighted by molar-refractivity contribution is 0.371. The molecule has 2 aromatic heterocycles. The zero-order valence-electron chi connectivity index (χ0n) is 28.1. The fourth-order valence-corrected chi connectivity index (χ4v) is 8.34. The topological polar surface area (TPSA) is 70.5 Å². The summed E-state index contributed by atoms with van der Waals surface area (Å²) >= 11 is 29.4. The average molecular weight is 797 g/mol. The third-order valence-corrected chi connectivity index (χ3v) is 11.2. The molecule has 0 N–H and O–H groups in total. The van der Waals surface area contributed by atoms with Crippen molar-refractivity contribution in [3.05, 3.63) is 128 Å². The number of hydrogen-bond donors (Lipinski definition) is 0. The summed E-state index contributed by atoms with van der Waals surface area (Å²) in [6, 6.07) is 26.4. The highest BCUT2D eigenvalue weighted by molar-refractivity contribution is 7.98. The summed E-state index contributed by atoms with van der Waals surface area (Å²) in [7, 11) is 1.32. The lowest BCUT2D eigenvalue weighted by atomic mass is 10.0. The first-order chi connectivity index (χ1) is 24.6. The molecule has 6 aromatic rings. The van der Waals surface area contributed by atoms with Crippen molar-refractivity contribution in [2.45, 2.75) is 60.8 Å². The number of thioether (sulfide) groups is 2. The molecule has 0 atom stereocenters. The van der Waals surface area contributed by atoms with E-state index in [2.05, 4.69) is 38.0 Å². The summed E-state index contributed by atoms with van der Waals surface area (Å²) < 4.78 is 23.0. The Hall–Kier alpha value is -3.18. The number of benzene rings is 4. The van der Waals surface area contributed by atoms with Gasteiger partial charge in [0.2, 0.25) is 0 Å². The minimum atomic E-state index is 0.148. The quantitative estimate of drug-likeness (QED) is 0.0797. The maximum atomic E-state index is 6.51. The van der Waals surface area contributed by atoms with Gasteiger partial charge in [0.25, 0.3) is 0 Å². The van der Waals surface area contributed by atoms with Crippen molar-refractivity contribution < 1.29 is 18.4 Å². The van der Waals surface area contributed by atoms with Gasteiger partial charge < -0.3 is 18.4 Å². The number of hydrogen-bond acceptors (Lipinski definition) is 8. The van der Waals surface area contributed by atoms with Crippen molar-refractivity contribution >= 4 is 77.6 Å². The van der Waals surface area contributed by atoms with Gasteiger partial charge in [-0.05, 0) is 72.8 Å². The van der Waals surface area contributed by atoms with Gasteiger partial charge in [-0.3, -0.25) is 0 Å². The molecular formula is C38H32BCl4N2O4S2. The zero-order chi connectivity index (χ0) is 36.1. The molecule has 6 rings (SSSR count). The van der Waals surface area contributed by atoms with E-state index in [1.54, 1.807) is 47.8 Å². The predicted molar refractivity (Wildman–Crippen MR) is 211 cm³/mol. The van der Waals surface area contributed by atoms with Crippen LogP contribution >= 0.6 is 69.9 Å². The second-order valence-electron chi connectivity index (χ2n) is 12.1. The SMILES string of the molecule is CC(C)c1onc(-c2c(Cl)cccc2Cl)c1CSc1ccc(O[B]Oc2ccc(SCc3c(-c4c(Cl)cccc4Cl)noc3C(C)C)cc2)cc1. The summed E-state index contributed by atoms with van der Waals surface area (Å²) in [5.74, 6) is 4.48. The van der Waals surface area contributed by atoms with Gasteiger partial charge in [-0.25, -0.2) is 0 Å². The minimum absolute atomic E-state index is 0.148.